The number of benzene rings is 2. The maximum Gasteiger partial charge on any atom is 0.342 e. The predicted octanol–water partition coefficient (Wildman–Crippen LogP) is 2.44. The largest absolute Gasteiger partial charge is 0.342 e. The van der Waals surface area contributed by atoms with Crippen LogP contribution in [0.3, 0.4) is 0 Å². The van der Waals surface area contributed by atoms with Gasteiger partial charge in [-0.1, -0.05) is 18.2 Å². The molecule has 3 aromatic rings. The van der Waals surface area contributed by atoms with Crippen molar-refractivity contribution in [3.63, 3.8) is 0 Å². The van der Waals surface area contributed by atoms with E-state index in [2.05, 4.69) is 0 Å². The maximum absolute atomic E-state index is 13.5. The summed E-state index contributed by atoms with van der Waals surface area (Å²) in [6.45, 7) is 3.09. The lowest BCUT2D eigenvalue weighted by molar-refractivity contribution is 0.0949. The molecular weight excluding hydrogens is 323 g/mol. The second kappa shape index (κ2) is 6.32. The molecule has 3 rings (SSSR count). The Morgan fingerprint density at radius 2 is 1.64 bits per heavy atom. The van der Waals surface area contributed by atoms with E-state index >= 15 is 0 Å². The molecule has 0 bridgehead atoms. The Hall–Kier alpha value is -3.28. The van der Waals surface area contributed by atoms with Crippen LogP contribution in [0.2, 0.25) is 0 Å². The molecule has 0 saturated heterocycles. The third-order valence-electron chi connectivity index (χ3n) is 3.90. The second-order valence-corrected chi connectivity index (χ2v) is 5.71. The SMILES string of the molecule is Cc1cc(-n2cc(C)c(=O)n(C(=O)c3ccccc3)c2=O)ccc1F. The van der Waals surface area contributed by atoms with E-state index in [1.54, 1.807) is 25.1 Å². The summed E-state index contributed by atoms with van der Waals surface area (Å²) in [7, 11) is 0. The highest BCUT2D eigenvalue weighted by Crippen LogP contribution is 2.12. The average Bonchev–Trinajstić information content (AvgIpc) is 2.61. The van der Waals surface area contributed by atoms with Crippen LogP contribution in [0.5, 0.6) is 0 Å². The van der Waals surface area contributed by atoms with Crippen molar-refractivity contribution < 1.29 is 9.18 Å². The summed E-state index contributed by atoms with van der Waals surface area (Å²) in [6.07, 6.45) is 1.35. The van der Waals surface area contributed by atoms with Crippen molar-refractivity contribution in [2.45, 2.75) is 13.8 Å². The monoisotopic (exact) mass is 338 g/mol. The zero-order chi connectivity index (χ0) is 18.1. The number of nitrogens with zero attached hydrogens (tertiary/aromatic N) is 2. The molecular formula is C19H15FN2O3. The molecule has 0 atom stereocenters. The van der Waals surface area contributed by atoms with Gasteiger partial charge in [-0.15, -0.1) is 0 Å². The van der Waals surface area contributed by atoms with Crippen molar-refractivity contribution in [2.24, 2.45) is 0 Å². The van der Waals surface area contributed by atoms with E-state index in [9.17, 15) is 18.8 Å². The molecule has 2 aromatic carbocycles. The Morgan fingerprint density at radius 1 is 0.960 bits per heavy atom. The van der Waals surface area contributed by atoms with Gasteiger partial charge in [-0.3, -0.25) is 14.2 Å². The molecule has 5 nitrogen and oxygen atoms in total. The van der Waals surface area contributed by atoms with Crippen LogP contribution in [-0.2, 0) is 0 Å². The molecule has 0 saturated carbocycles. The van der Waals surface area contributed by atoms with Crippen molar-refractivity contribution in [1.29, 1.82) is 0 Å². The third-order valence-corrected chi connectivity index (χ3v) is 3.90. The van der Waals surface area contributed by atoms with Crippen molar-refractivity contribution in [2.75, 3.05) is 0 Å². The van der Waals surface area contributed by atoms with Gasteiger partial charge in [0.1, 0.15) is 5.82 Å². The minimum Gasteiger partial charge on any atom is -0.269 e. The lowest BCUT2D eigenvalue weighted by Crippen LogP contribution is -2.44. The predicted molar refractivity (Wildman–Crippen MR) is 91.9 cm³/mol. The fraction of sp³-hybridized carbons (Fsp3) is 0.105. The Morgan fingerprint density at radius 3 is 2.28 bits per heavy atom. The van der Waals surface area contributed by atoms with Gasteiger partial charge in [0.05, 0.1) is 5.69 Å². The highest BCUT2D eigenvalue weighted by atomic mass is 19.1. The minimum absolute atomic E-state index is 0.228. The van der Waals surface area contributed by atoms with Gasteiger partial charge in [-0.2, -0.15) is 4.57 Å². The number of hydrogen-bond donors (Lipinski definition) is 0. The molecule has 0 aliphatic heterocycles. The highest BCUT2D eigenvalue weighted by Gasteiger charge is 2.18. The first-order valence-corrected chi connectivity index (χ1v) is 7.61. The molecule has 0 amide bonds. The zero-order valence-corrected chi connectivity index (χ0v) is 13.7. The third kappa shape index (κ3) is 2.94. The molecule has 0 aliphatic carbocycles. The van der Waals surface area contributed by atoms with Crippen LogP contribution in [0.25, 0.3) is 5.69 Å². The van der Waals surface area contributed by atoms with E-state index < -0.39 is 23.0 Å². The molecule has 1 heterocycles. The summed E-state index contributed by atoms with van der Waals surface area (Å²) >= 11 is 0. The van der Waals surface area contributed by atoms with Gasteiger partial charge in [0, 0.05) is 17.3 Å². The molecule has 0 fully saturated rings. The van der Waals surface area contributed by atoms with Gasteiger partial charge in [0.2, 0.25) is 0 Å². The van der Waals surface area contributed by atoms with Gasteiger partial charge < -0.3 is 0 Å². The molecule has 25 heavy (non-hydrogen) atoms. The quantitative estimate of drug-likeness (QED) is 0.721. The zero-order valence-electron chi connectivity index (χ0n) is 13.7. The van der Waals surface area contributed by atoms with Gasteiger partial charge in [-0.25, -0.2) is 9.18 Å². The van der Waals surface area contributed by atoms with Gasteiger partial charge in [0.25, 0.3) is 11.5 Å². The van der Waals surface area contributed by atoms with E-state index in [4.69, 9.17) is 0 Å². The van der Waals surface area contributed by atoms with Crippen molar-refractivity contribution in [3.05, 3.63) is 98.1 Å². The summed E-state index contributed by atoms with van der Waals surface area (Å²) in [5, 5.41) is 0. The Kier molecular flexibility index (Phi) is 4.19. The van der Waals surface area contributed by atoms with Gasteiger partial charge in [0.15, 0.2) is 0 Å². The van der Waals surface area contributed by atoms with E-state index in [1.807, 2.05) is 0 Å². The Bertz CT molecular complexity index is 1080. The van der Waals surface area contributed by atoms with E-state index in [1.165, 1.54) is 48.0 Å². The lowest BCUT2D eigenvalue weighted by Gasteiger charge is -2.12. The molecule has 0 spiro atoms. The number of rotatable bonds is 2. The number of carbonyl (C=O) groups is 1. The van der Waals surface area contributed by atoms with Crippen LogP contribution in [-0.4, -0.2) is 15.0 Å². The second-order valence-electron chi connectivity index (χ2n) is 5.71. The Balaban J connectivity index is 2.26. The van der Waals surface area contributed by atoms with Gasteiger partial charge in [-0.05, 0) is 49.7 Å². The number of hydrogen-bond acceptors (Lipinski definition) is 3. The molecule has 1 aromatic heterocycles. The summed E-state index contributed by atoms with van der Waals surface area (Å²) in [4.78, 5) is 37.8. The smallest absolute Gasteiger partial charge is 0.269 e. The summed E-state index contributed by atoms with van der Waals surface area (Å²) in [6, 6.07) is 12.2. The van der Waals surface area contributed by atoms with E-state index in [0.717, 1.165) is 0 Å². The molecule has 6 heteroatoms. The van der Waals surface area contributed by atoms with Crippen molar-refractivity contribution in [3.8, 4) is 5.69 Å². The number of halogens is 1. The molecule has 0 unspecified atom stereocenters. The first kappa shape index (κ1) is 16.6. The van der Waals surface area contributed by atoms with Gasteiger partial charge >= 0.3 is 5.69 Å². The van der Waals surface area contributed by atoms with Crippen LogP contribution in [0.4, 0.5) is 4.39 Å². The topological polar surface area (TPSA) is 61.1 Å². The minimum atomic E-state index is -0.796. The normalized spacial score (nSPS) is 10.7. The standard InChI is InChI=1S/C19H15FN2O3/c1-12-10-15(8-9-16(12)20)21-11-13(2)17(23)22(19(21)25)18(24)14-6-4-3-5-7-14/h3-11H,1-2H3. The molecule has 0 N–H and O–H groups in total. The van der Waals surface area contributed by atoms with Crippen molar-refractivity contribution >= 4 is 5.91 Å². The maximum atomic E-state index is 13.5. The molecule has 126 valence electrons. The summed E-state index contributed by atoms with van der Waals surface area (Å²) < 4.78 is 15.3. The Labute approximate surface area is 142 Å². The van der Waals surface area contributed by atoms with Crippen LogP contribution < -0.4 is 11.2 Å². The summed E-state index contributed by atoms with van der Waals surface area (Å²) in [5.74, 6) is -1.10. The fourth-order valence-electron chi connectivity index (χ4n) is 2.53. The highest BCUT2D eigenvalue weighted by molar-refractivity contribution is 5.95. The van der Waals surface area contributed by atoms with Crippen molar-refractivity contribution in [1.82, 2.24) is 9.13 Å². The molecule has 0 radical (unpaired) electrons. The average molecular weight is 338 g/mol. The van der Waals surface area contributed by atoms with Crippen LogP contribution in [0.1, 0.15) is 21.5 Å². The first-order chi connectivity index (χ1) is 11.9. The lowest BCUT2D eigenvalue weighted by atomic mass is 10.2. The fourth-order valence-corrected chi connectivity index (χ4v) is 2.53. The van der Waals surface area contributed by atoms with Crippen LogP contribution in [0, 0.1) is 19.7 Å². The van der Waals surface area contributed by atoms with E-state index in [0.29, 0.717) is 15.8 Å². The van der Waals surface area contributed by atoms with Crippen LogP contribution in [0.15, 0.2) is 64.3 Å². The van der Waals surface area contributed by atoms with Crippen LogP contribution >= 0.6 is 0 Å². The van der Waals surface area contributed by atoms with E-state index in [-0.39, 0.29) is 11.1 Å². The number of carbonyl (C=O) groups excluding carboxylic acids is 1. The first-order valence-electron chi connectivity index (χ1n) is 7.61. The molecule has 0 aliphatic rings. The number of aromatic nitrogens is 2. The summed E-state index contributed by atoms with van der Waals surface area (Å²) in [5.41, 5.74) is -0.278. The number of aryl methyl sites for hydroxylation is 2.